The van der Waals surface area contributed by atoms with Crippen molar-refractivity contribution in [2.24, 2.45) is 11.7 Å². The van der Waals surface area contributed by atoms with Crippen molar-refractivity contribution in [3.05, 3.63) is 42.1 Å². The molecular weight excluding hydrogens is 472 g/mol. The molecule has 37 heavy (non-hydrogen) atoms. The van der Waals surface area contributed by atoms with Crippen LogP contribution in [-0.4, -0.2) is 76.6 Å². The van der Waals surface area contributed by atoms with Crippen LogP contribution in [-0.2, 0) is 9.53 Å². The summed E-state index contributed by atoms with van der Waals surface area (Å²) >= 11 is 0. The van der Waals surface area contributed by atoms with Crippen LogP contribution in [0.25, 0.3) is 0 Å². The maximum atomic E-state index is 13.4. The lowest BCUT2D eigenvalue weighted by Gasteiger charge is -2.38. The Balaban J connectivity index is 1.33. The van der Waals surface area contributed by atoms with Gasteiger partial charge in [0.25, 0.3) is 0 Å². The zero-order chi connectivity index (χ0) is 26.6. The molecule has 3 aliphatic heterocycles. The van der Waals surface area contributed by atoms with E-state index in [1.807, 2.05) is 6.07 Å². The number of nitriles is 1. The number of piperazine rings is 1. The highest BCUT2D eigenvalue weighted by atomic mass is 16.6. The third-order valence-electron chi connectivity index (χ3n) is 7.77. The Morgan fingerprint density at radius 3 is 2.70 bits per heavy atom. The predicted molar refractivity (Wildman–Crippen MR) is 136 cm³/mol. The second-order valence-corrected chi connectivity index (χ2v) is 11.5. The average molecular weight is 507 g/mol. The second-order valence-electron chi connectivity index (χ2n) is 11.5. The van der Waals surface area contributed by atoms with Gasteiger partial charge in [-0.05, 0) is 64.2 Å². The maximum absolute atomic E-state index is 13.4. The SMILES string of the molecule is C=C(C(CN1C[C@@H]2CC1C(=O)N2c1cccc(C(N)=O)c1)NC(=O)OC(C)(C)C)N1C(C#N)CC2CC21. The number of rotatable bonds is 7. The van der Waals surface area contributed by atoms with E-state index in [4.69, 9.17) is 10.5 Å². The van der Waals surface area contributed by atoms with E-state index in [-0.39, 0.29) is 30.1 Å². The molecular formula is C27H34N6O4. The van der Waals surface area contributed by atoms with Gasteiger partial charge >= 0.3 is 6.09 Å². The standard InChI is InChI=1S/C27H34N6O4/c1-15(32-19(12-28)9-17-10-22(17)32)21(30-26(36)37-27(2,3)4)14-31-13-20-11-23(31)25(35)33(20)18-7-5-6-16(8-18)24(29)34/h5-8,17,19-23H,1,9-11,13-14H2,2-4H3,(H2,29,34)(H,30,36)/t17?,19?,20-,21?,22?,23?/m0/s1. The summed E-state index contributed by atoms with van der Waals surface area (Å²) in [5.41, 5.74) is 6.47. The number of alkyl carbamates (subject to hydrolysis) is 1. The highest BCUT2D eigenvalue weighted by Crippen LogP contribution is 2.49. The molecule has 5 rings (SSSR count). The largest absolute Gasteiger partial charge is 0.444 e. The van der Waals surface area contributed by atoms with Crippen molar-refractivity contribution in [3.8, 4) is 6.07 Å². The van der Waals surface area contributed by atoms with Gasteiger partial charge in [-0.3, -0.25) is 14.5 Å². The highest BCUT2D eigenvalue weighted by molar-refractivity contribution is 6.02. The van der Waals surface area contributed by atoms with E-state index in [9.17, 15) is 19.6 Å². The highest BCUT2D eigenvalue weighted by Gasteiger charge is 2.54. The Hall–Kier alpha value is -3.58. The molecule has 1 aliphatic carbocycles. The van der Waals surface area contributed by atoms with E-state index in [0.29, 0.717) is 42.4 Å². The summed E-state index contributed by atoms with van der Waals surface area (Å²) in [6.07, 6.45) is 1.94. The lowest BCUT2D eigenvalue weighted by molar-refractivity contribution is -0.122. The summed E-state index contributed by atoms with van der Waals surface area (Å²) in [4.78, 5) is 43.7. The number of amides is 3. The monoisotopic (exact) mass is 506 g/mol. The lowest BCUT2D eigenvalue weighted by atomic mass is 10.1. The molecule has 6 atom stereocenters. The number of carbonyl (C=O) groups excluding carboxylic acids is 3. The average Bonchev–Trinajstić information content (AvgIpc) is 3.15. The Morgan fingerprint density at radius 2 is 2.05 bits per heavy atom. The van der Waals surface area contributed by atoms with Crippen molar-refractivity contribution < 1.29 is 19.1 Å². The van der Waals surface area contributed by atoms with Gasteiger partial charge in [-0.25, -0.2) is 4.79 Å². The molecule has 10 nitrogen and oxygen atoms in total. The summed E-state index contributed by atoms with van der Waals surface area (Å²) in [7, 11) is 0. The third kappa shape index (κ3) is 4.76. The first-order chi connectivity index (χ1) is 17.5. The first kappa shape index (κ1) is 25.1. The van der Waals surface area contributed by atoms with Crippen LogP contribution < -0.4 is 16.0 Å². The summed E-state index contributed by atoms with van der Waals surface area (Å²) < 4.78 is 5.52. The van der Waals surface area contributed by atoms with Crippen LogP contribution in [0.4, 0.5) is 10.5 Å². The molecule has 4 fully saturated rings. The zero-order valence-electron chi connectivity index (χ0n) is 21.5. The number of nitrogens with two attached hydrogens (primary N) is 1. The summed E-state index contributed by atoms with van der Waals surface area (Å²) in [6, 6.07) is 8.31. The lowest BCUT2D eigenvalue weighted by Crippen LogP contribution is -2.56. The number of carbonyl (C=O) groups is 3. The molecule has 10 heteroatoms. The fraction of sp³-hybridized carbons (Fsp3) is 0.556. The first-order valence-electron chi connectivity index (χ1n) is 12.8. The number of hydrogen-bond donors (Lipinski definition) is 2. The van der Waals surface area contributed by atoms with Gasteiger partial charge < -0.3 is 25.6 Å². The van der Waals surface area contributed by atoms with Crippen LogP contribution in [0.15, 0.2) is 36.5 Å². The molecule has 3 saturated heterocycles. The Bertz CT molecular complexity index is 1190. The molecule has 5 unspecified atom stereocenters. The van der Waals surface area contributed by atoms with E-state index in [1.165, 1.54) is 0 Å². The molecule has 3 heterocycles. The molecule has 1 aromatic rings. The smallest absolute Gasteiger partial charge is 0.408 e. The number of nitrogens with zero attached hydrogens (tertiary/aromatic N) is 4. The van der Waals surface area contributed by atoms with Crippen LogP contribution in [0.2, 0.25) is 0 Å². The molecule has 0 aromatic heterocycles. The van der Waals surface area contributed by atoms with Gasteiger partial charge in [-0.2, -0.15) is 5.26 Å². The van der Waals surface area contributed by atoms with Gasteiger partial charge in [-0.15, -0.1) is 0 Å². The first-order valence-corrected chi connectivity index (χ1v) is 12.8. The molecule has 196 valence electrons. The van der Waals surface area contributed by atoms with E-state index in [1.54, 1.807) is 43.9 Å². The van der Waals surface area contributed by atoms with Crippen molar-refractivity contribution >= 4 is 23.6 Å². The summed E-state index contributed by atoms with van der Waals surface area (Å²) in [5.74, 6) is -0.0825. The van der Waals surface area contributed by atoms with E-state index in [0.717, 1.165) is 12.8 Å². The zero-order valence-corrected chi connectivity index (χ0v) is 21.5. The van der Waals surface area contributed by atoms with Crippen LogP contribution in [0.5, 0.6) is 0 Å². The minimum Gasteiger partial charge on any atom is -0.444 e. The number of hydrogen-bond acceptors (Lipinski definition) is 7. The van der Waals surface area contributed by atoms with Gasteiger partial charge in [0.05, 0.1) is 24.2 Å². The van der Waals surface area contributed by atoms with E-state index in [2.05, 4.69) is 27.8 Å². The number of primary amides is 1. The van der Waals surface area contributed by atoms with Gasteiger partial charge in [0.1, 0.15) is 11.6 Å². The van der Waals surface area contributed by atoms with E-state index < -0.39 is 23.6 Å². The van der Waals surface area contributed by atoms with Gasteiger partial charge in [0.2, 0.25) is 11.8 Å². The number of likely N-dealkylation sites (tertiary alicyclic amines) is 2. The molecule has 3 N–H and O–H groups in total. The fourth-order valence-corrected chi connectivity index (χ4v) is 6.10. The molecule has 1 aromatic carbocycles. The van der Waals surface area contributed by atoms with E-state index >= 15 is 0 Å². The Kier molecular flexibility index (Phi) is 6.15. The molecule has 0 spiro atoms. The predicted octanol–water partition coefficient (Wildman–Crippen LogP) is 1.97. The molecule has 3 amide bonds. The van der Waals surface area contributed by atoms with Crippen molar-refractivity contribution in [3.63, 3.8) is 0 Å². The van der Waals surface area contributed by atoms with Crippen molar-refractivity contribution in [2.45, 2.75) is 75.8 Å². The minimum absolute atomic E-state index is 0.0437. The quantitative estimate of drug-likeness (QED) is 0.578. The Labute approximate surface area is 217 Å². The number of nitrogens with one attached hydrogen (secondary N) is 1. The Morgan fingerprint density at radius 1 is 1.30 bits per heavy atom. The van der Waals surface area contributed by atoms with Crippen LogP contribution >= 0.6 is 0 Å². The molecule has 2 bridgehead atoms. The fourth-order valence-electron chi connectivity index (χ4n) is 6.10. The topological polar surface area (TPSA) is 132 Å². The van der Waals surface area contributed by atoms with Gasteiger partial charge in [0.15, 0.2) is 0 Å². The number of ether oxygens (including phenoxy) is 1. The maximum Gasteiger partial charge on any atom is 0.408 e. The number of benzene rings is 1. The molecule has 1 saturated carbocycles. The summed E-state index contributed by atoms with van der Waals surface area (Å²) in [6.45, 7) is 10.7. The minimum atomic E-state index is -0.664. The number of anilines is 1. The molecule has 0 radical (unpaired) electrons. The van der Waals surface area contributed by atoms with Crippen LogP contribution in [0.3, 0.4) is 0 Å². The van der Waals surface area contributed by atoms with Crippen molar-refractivity contribution in [1.29, 1.82) is 5.26 Å². The van der Waals surface area contributed by atoms with Crippen LogP contribution in [0.1, 0.15) is 50.4 Å². The van der Waals surface area contributed by atoms with Crippen molar-refractivity contribution in [2.75, 3.05) is 18.0 Å². The van der Waals surface area contributed by atoms with Gasteiger partial charge in [0, 0.05) is 36.1 Å². The van der Waals surface area contributed by atoms with Crippen molar-refractivity contribution in [1.82, 2.24) is 15.1 Å². The number of fused-ring (bicyclic) bond motifs is 3. The summed E-state index contributed by atoms with van der Waals surface area (Å²) in [5, 5.41) is 12.7. The normalized spacial score (nSPS) is 29.0. The second kappa shape index (κ2) is 9.06. The van der Waals surface area contributed by atoms with Gasteiger partial charge in [-0.1, -0.05) is 12.6 Å². The number of piperidine rings is 1. The third-order valence-corrected chi connectivity index (χ3v) is 7.77. The molecule has 4 aliphatic rings. The van der Waals surface area contributed by atoms with Crippen LogP contribution in [0, 0.1) is 17.2 Å².